The number of aromatic nitrogens is 1. The molecule has 3 rings (SSSR count). The van der Waals surface area contributed by atoms with E-state index >= 15 is 0 Å². The van der Waals surface area contributed by atoms with Gasteiger partial charge in [-0.15, -0.1) is 0 Å². The molecule has 5 heteroatoms. The summed E-state index contributed by atoms with van der Waals surface area (Å²) in [6.45, 7) is 4.08. The van der Waals surface area contributed by atoms with Gasteiger partial charge in [-0.05, 0) is 36.2 Å². The minimum absolute atomic E-state index is 0.408. The Hall–Kier alpha value is -2.56. The second-order valence-corrected chi connectivity index (χ2v) is 6.74. The lowest BCUT2D eigenvalue weighted by atomic mass is 10.1. The Kier molecular flexibility index (Phi) is 6.69. The third kappa shape index (κ3) is 5.71. The van der Waals surface area contributed by atoms with Gasteiger partial charge >= 0.3 is 0 Å². The van der Waals surface area contributed by atoms with Crippen LogP contribution < -0.4 is 14.8 Å². The van der Waals surface area contributed by atoms with Gasteiger partial charge in [0.1, 0.15) is 11.8 Å². The first-order valence-corrected chi connectivity index (χ1v) is 9.18. The Balaban J connectivity index is 1.56. The van der Waals surface area contributed by atoms with Crippen molar-refractivity contribution in [3.63, 3.8) is 0 Å². The van der Waals surface area contributed by atoms with Gasteiger partial charge in [0.2, 0.25) is 0 Å². The highest BCUT2D eigenvalue weighted by Crippen LogP contribution is 2.29. The fourth-order valence-corrected chi connectivity index (χ4v) is 2.76. The molecule has 140 valence electrons. The topological polar surface area (TPSA) is 43.4 Å². The summed E-state index contributed by atoms with van der Waals surface area (Å²) < 4.78 is 11.3. The number of halogens is 1. The number of rotatable bonds is 8. The first kappa shape index (κ1) is 19.2. The summed E-state index contributed by atoms with van der Waals surface area (Å²) in [6.07, 6.45) is 1.71. The zero-order valence-corrected chi connectivity index (χ0v) is 16.3. The fourth-order valence-electron chi connectivity index (χ4n) is 2.65. The SMILES string of the molecule is COc1cc(CNCc2ccc(C)cc2)ccc1OCc1ccc(Cl)nc1. The van der Waals surface area contributed by atoms with Crippen molar-refractivity contribution in [3.05, 3.63) is 88.2 Å². The highest BCUT2D eigenvalue weighted by molar-refractivity contribution is 6.29. The summed E-state index contributed by atoms with van der Waals surface area (Å²) in [4.78, 5) is 4.06. The van der Waals surface area contributed by atoms with Crippen LogP contribution in [0.15, 0.2) is 60.8 Å². The molecule has 0 aliphatic carbocycles. The molecule has 0 unspecified atom stereocenters. The van der Waals surface area contributed by atoms with E-state index in [-0.39, 0.29) is 0 Å². The van der Waals surface area contributed by atoms with E-state index in [0.29, 0.717) is 23.3 Å². The summed E-state index contributed by atoms with van der Waals surface area (Å²) in [5, 5.41) is 3.93. The highest BCUT2D eigenvalue weighted by Gasteiger charge is 2.07. The second kappa shape index (κ2) is 9.40. The van der Waals surface area contributed by atoms with Crippen LogP contribution in [0, 0.1) is 6.92 Å². The molecule has 1 heterocycles. The van der Waals surface area contributed by atoms with Crippen molar-refractivity contribution in [2.24, 2.45) is 0 Å². The Morgan fingerprint density at radius 3 is 2.30 bits per heavy atom. The molecule has 27 heavy (non-hydrogen) atoms. The Bertz CT molecular complexity index is 864. The molecule has 0 spiro atoms. The molecule has 0 saturated carbocycles. The van der Waals surface area contributed by atoms with Crippen LogP contribution in [0.2, 0.25) is 5.15 Å². The number of benzene rings is 2. The molecular weight excluding hydrogens is 360 g/mol. The van der Waals surface area contributed by atoms with Crippen molar-refractivity contribution >= 4 is 11.6 Å². The van der Waals surface area contributed by atoms with Gasteiger partial charge in [-0.25, -0.2) is 4.98 Å². The van der Waals surface area contributed by atoms with Crippen LogP contribution in [0.25, 0.3) is 0 Å². The maximum atomic E-state index is 5.87. The van der Waals surface area contributed by atoms with Crippen molar-refractivity contribution in [1.29, 1.82) is 0 Å². The van der Waals surface area contributed by atoms with E-state index in [9.17, 15) is 0 Å². The molecule has 0 fully saturated rings. The van der Waals surface area contributed by atoms with Gasteiger partial charge in [0, 0.05) is 24.8 Å². The van der Waals surface area contributed by atoms with E-state index in [4.69, 9.17) is 21.1 Å². The molecule has 0 aliphatic rings. The summed E-state index contributed by atoms with van der Waals surface area (Å²) >= 11 is 5.80. The first-order chi connectivity index (χ1) is 13.1. The molecule has 2 aromatic carbocycles. The molecule has 1 aromatic heterocycles. The number of hydrogen-bond donors (Lipinski definition) is 1. The lowest BCUT2D eigenvalue weighted by molar-refractivity contribution is 0.284. The Labute approximate surface area is 165 Å². The third-order valence-electron chi connectivity index (χ3n) is 4.19. The molecule has 3 aromatic rings. The maximum Gasteiger partial charge on any atom is 0.161 e. The first-order valence-electron chi connectivity index (χ1n) is 8.80. The van der Waals surface area contributed by atoms with Gasteiger partial charge in [0.05, 0.1) is 7.11 Å². The van der Waals surface area contributed by atoms with Gasteiger partial charge in [-0.2, -0.15) is 0 Å². The lowest BCUT2D eigenvalue weighted by Crippen LogP contribution is -2.12. The zero-order valence-electron chi connectivity index (χ0n) is 15.5. The average Bonchev–Trinajstić information content (AvgIpc) is 2.69. The smallest absolute Gasteiger partial charge is 0.161 e. The molecule has 0 radical (unpaired) electrons. The van der Waals surface area contributed by atoms with Gasteiger partial charge < -0.3 is 14.8 Å². The number of hydrogen-bond acceptors (Lipinski definition) is 4. The highest BCUT2D eigenvalue weighted by atomic mass is 35.5. The van der Waals surface area contributed by atoms with Crippen LogP contribution in [-0.4, -0.2) is 12.1 Å². The van der Waals surface area contributed by atoms with Crippen molar-refractivity contribution in [2.75, 3.05) is 7.11 Å². The maximum absolute atomic E-state index is 5.87. The van der Waals surface area contributed by atoms with E-state index in [1.54, 1.807) is 19.4 Å². The van der Waals surface area contributed by atoms with E-state index in [1.807, 2.05) is 24.3 Å². The fraction of sp³-hybridized carbons (Fsp3) is 0.227. The zero-order chi connectivity index (χ0) is 19.1. The Morgan fingerprint density at radius 2 is 1.59 bits per heavy atom. The predicted molar refractivity (Wildman–Crippen MR) is 108 cm³/mol. The van der Waals surface area contributed by atoms with Crippen LogP contribution in [-0.2, 0) is 19.7 Å². The number of pyridine rings is 1. The normalized spacial score (nSPS) is 10.6. The standard InChI is InChI=1S/C22H23ClN2O2/c1-16-3-5-17(6-4-16)12-24-13-18-7-9-20(21(11-18)26-2)27-15-19-8-10-22(23)25-14-19/h3-11,14,24H,12-13,15H2,1-2H3. The van der Waals surface area contributed by atoms with Crippen LogP contribution in [0.1, 0.15) is 22.3 Å². The second-order valence-electron chi connectivity index (χ2n) is 6.35. The minimum Gasteiger partial charge on any atom is -0.493 e. The monoisotopic (exact) mass is 382 g/mol. The van der Waals surface area contributed by atoms with Gasteiger partial charge in [0.25, 0.3) is 0 Å². The lowest BCUT2D eigenvalue weighted by Gasteiger charge is -2.13. The van der Waals surface area contributed by atoms with Crippen LogP contribution in [0.3, 0.4) is 0 Å². The van der Waals surface area contributed by atoms with Crippen molar-refractivity contribution < 1.29 is 9.47 Å². The largest absolute Gasteiger partial charge is 0.493 e. The van der Waals surface area contributed by atoms with Crippen molar-refractivity contribution in [2.45, 2.75) is 26.6 Å². The summed E-state index contributed by atoms with van der Waals surface area (Å²) in [6, 6.07) is 18.2. The molecule has 0 aliphatic heterocycles. The van der Waals surface area contributed by atoms with Gasteiger partial charge in [0.15, 0.2) is 11.5 Å². The van der Waals surface area contributed by atoms with E-state index < -0.39 is 0 Å². The molecule has 1 N–H and O–H groups in total. The summed E-state index contributed by atoms with van der Waals surface area (Å²) in [5.41, 5.74) is 4.63. The predicted octanol–water partition coefficient (Wildman–Crippen LogP) is 4.92. The van der Waals surface area contributed by atoms with Crippen LogP contribution in [0.4, 0.5) is 0 Å². The average molecular weight is 383 g/mol. The molecule has 0 amide bonds. The molecule has 0 bridgehead atoms. The number of aryl methyl sites for hydroxylation is 1. The summed E-state index contributed by atoms with van der Waals surface area (Å²) in [7, 11) is 1.65. The molecule has 0 atom stereocenters. The van der Waals surface area contributed by atoms with Crippen LogP contribution >= 0.6 is 11.6 Å². The van der Waals surface area contributed by atoms with Crippen LogP contribution in [0.5, 0.6) is 11.5 Å². The number of methoxy groups -OCH3 is 1. The number of ether oxygens (including phenoxy) is 2. The Morgan fingerprint density at radius 1 is 0.889 bits per heavy atom. The van der Waals surface area contributed by atoms with E-state index in [0.717, 1.165) is 24.2 Å². The van der Waals surface area contributed by atoms with Gasteiger partial charge in [-0.3, -0.25) is 0 Å². The third-order valence-corrected chi connectivity index (χ3v) is 4.41. The van der Waals surface area contributed by atoms with Gasteiger partial charge in [-0.1, -0.05) is 53.6 Å². The molecule has 0 saturated heterocycles. The van der Waals surface area contributed by atoms with E-state index in [1.165, 1.54) is 11.1 Å². The van der Waals surface area contributed by atoms with Crippen molar-refractivity contribution in [1.82, 2.24) is 10.3 Å². The number of nitrogens with one attached hydrogen (secondary N) is 1. The summed E-state index contributed by atoms with van der Waals surface area (Å²) in [5.74, 6) is 1.42. The quantitative estimate of drug-likeness (QED) is 0.561. The molecule has 4 nitrogen and oxygen atoms in total. The van der Waals surface area contributed by atoms with Crippen molar-refractivity contribution in [3.8, 4) is 11.5 Å². The van der Waals surface area contributed by atoms with E-state index in [2.05, 4.69) is 41.5 Å². The minimum atomic E-state index is 0.408. The number of nitrogens with zero attached hydrogens (tertiary/aromatic N) is 1. The molecular formula is C22H23ClN2O2.